The van der Waals surface area contributed by atoms with Crippen molar-refractivity contribution in [3.8, 4) is 11.3 Å². The van der Waals surface area contributed by atoms with Crippen LogP contribution in [0.5, 0.6) is 0 Å². The second kappa shape index (κ2) is 8.24. The summed E-state index contributed by atoms with van der Waals surface area (Å²) in [6.45, 7) is -0.261. The lowest BCUT2D eigenvalue weighted by molar-refractivity contribution is -0.384. The van der Waals surface area contributed by atoms with Crippen molar-refractivity contribution in [3.63, 3.8) is 0 Å². The first-order chi connectivity index (χ1) is 13.5. The van der Waals surface area contributed by atoms with E-state index in [-0.39, 0.29) is 26.5 Å². The second-order valence-electron chi connectivity index (χ2n) is 5.74. The summed E-state index contributed by atoms with van der Waals surface area (Å²) in [5.41, 5.74) is 0.289. The van der Waals surface area contributed by atoms with Crippen molar-refractivity contribution in [1.82, 2.24) is 4.90 Å². The van der Waals surface area contributed by atoms with Crippen LogP contribution in [0.4, 0.5) is 5.69 Å². The Morgan fingerprint density at radius 2 is 2.07 bits per heavy atom. The summed E-state index contributed by atoms with van der Waals surface area (Å²) in [5, 5.41) is 10.9. The molecule has 1 aliphatic heterocycles. The predicted molar refractivity (Wildman–Crippen MR) is 112 cm³/mol. The molecule has 1 amide bonds. The van der Waals surface area contributed by atoms with Crippen LogP contribution in [0.3, 0.4) is 0 Å². The van der Waals surface area contributed by atoms with E-state index in [0.29, 0.717) is 17.1 Å². The predicted octanol–water partition coefficient (Wildman–Crippen LogP) is 3.60. The molecule has 0 spiro atoms. The van der Waals surface area contributed by atoms with E-state index in [1.807, 2.05) is 0 Å². The standard InChI is InChI=1S/C16H11ClN2O7S3/c17-12-7-9(19(21)22)1-3-11(12)13-4-2-10(26-13)8-14-15(20)18(16(27)28-14)5-6-29(23,24)25/h1-4,7-8H,5-6H2,(H,23,24,25)/b14-8+. The van der Waals surface area contributed by atoms with E-state index >= 15 is 0 Å². The minimum atomic E-state index is -4.23. The Hall–Kier alpha value is -2.25. The quantitative estimate of drug-likeness (QED) is 0.219. The molecule has 29 heavy (non-hydrogen) atoms. The summed E-state index contributed by atoms with van der Waals surface area (Å²) in [6, 6.07) is 7.14. The van der Waals surface area contributed by atoms with Crippen molar-refractivity contribution in [3.05, 3.63) is 56.1 Å². The summed E-state index contributed by atoms with van der Waals surface area (Å²) in [6.07, 6.45) is 1.44. The maximum absolute atomic E-state index is 12.4. The second-order valence-corrected chi connectivity index (χ2v) is 9.40. The van der Waals surface area contributed by atoms with Crippen LogP contribution in [0.25, 0.3) is 17.4 Å². The van der Waals surface area contributed by atoms with Crippen LogP contribution in [0.2, 0.25) is 5.02 Å². The number of rotatable bonds is 6. The number of halogens is 1. The lowest BCUT2D eigenvalue weighted by atomic mass is 10.1. The summed E-state index contributed by atoms with van der Waals surface area (Å²) in [5.74, 6) is -0.478. The SMILES string of the molecule is O=C1/C(=C\c2ccc(-c3ccc([N+](=O)[O-])cc3Cl)o2)SC(=S)N1CCS(=O)(=O)O. The molecule has 2 heterocycles. The highest BCUT2D eigenvalue weighted by Gasteiger charge is 2.32. The van der Waals surface area contributed by atoms with Gasteiger partial charge < -0.3 is 4.42 Å². The topological polar surface area (TPSA) is 131 Å². The normalized spacial score (nSPS) is 16.1. The molecule has 13 heteroatoms. The van der Waals surface area contributed by atoms with Gasteiger partial charge in [-0.25, -0.2) is 0 Å². The van der Waals surface area contributed by atoms with Gasteiger partial charge in [0.15, 0.2) is 0 Å². The van der Waals surface area contributed by atoms with Crippen LogP contribution < -0.4 is 0 Å². The molecule has 1 aromatic heterocycles. The summed E-state index contributed by atoms with van der Waals surface area (Å²) in [4.78, 5) is 24.0. The number of nitrogens with zero attached hydrogens (tertiary/aromatic N) is 2. The molecular formula is C16H11ClN2O7S3. The van der Waals surface area contributed by atoms with E-state index in [4.69, 9.17) is 32.8 Å². The Morgan fingerprint density at radius 1 is 1.34 bits per heavy atom. The lowest BCUT2D eigenvalue weighted by Gasteiger charge is -2.12. The van der Waals surface area contributed by atoms with Gasteiger partial charge in [-0.05, 0) is 18.2 Å². The number of hydrogen-bond donors (Lipinski definition) is 1. The van der Waals surface area contributed by atoms with Gasteiger partial charge in [0.2, 0.25) is 0 Å². The zero-order chi connectivity index (χ0) is 21.3. The fourth-order valence-corrected chi connectivity index (χ4v) is 4.39. The smallest absolute Gasteiger partial charge is 0.270 e. The maximum atomic E-state index is 12.4. The molecule has 1 aromatic carbocycles. The van der Waals surface area contributed by atoms with Crippen LogP contribution in [0, 0.1) is 10.1 Å². The molecule has 0 aliphatic carbocycles. The highest BCUT2D eigenvalue weighted by Crippen LogP contribution is 2.35. The van der Waals surface area contributed by atoms with E-state index < -0.39 is 26.7 Å². The minimum absolute atomic E-state index is 0.136. The molecule has 9 nitrogen and oxygen atoms in total. The highest BCUT2D eigenvalue weighted by molar-refractivity contribution is 8.26. The van der Waals surface area contributed by atoms with Crippen molar-refractivity contribution in [2.45, 2.75) is 0 Å². The van der Waals surface area contributed by atoms with Crippen LogP contribution in [0.15, 0.2) is 39.7 Å². The molecular weight excluding hydrogens is 464 g/mol. The van der Waals surface area contributed by atoms with Gasteiger partial charge in [-0.15, -0.1) is 0 Å². The maximum Gasteiger partial charge on any atom is 0.270 e. The van der Waals surface area contributed by atoms with E-state index in [9.17, 15) is 23.3 Å². The highest BCUT2D eigenvalue weighted by atomic mass is 35.5. The van der Waals surface area contributed by atoms with Gasteiger partial charge in [0.05, 0.1) is 20.6 Å². The number of thioether (sulfide) groups is 1. The molecule has 1 N–H and O–H groups in total. The van der Waals surface area contributed by atoms with Gasteiger partial charge >= 0.3 is 0 Å². The summed E-state index contributed by atoms with van der Waals surface area (Å²) in [7, 11) is -4.23. The van der Waals surface area contributed by atoms with Crippen LogP contribution in [-0.4, -0.2) is 45.3 Å². The number of nitro benzene ring substituents is 1. The molecule has 3 rings (SSSR count). The molecule has 0 radical (unpaired) electrons. The number of hydrogen-bond acceptors (Lipinski definition) is 8. The Bertz CT molecular complexity index is 1160. The molecule has 1 fully saturated rings. The molecule has 0 bridgehead atoms. The first-order valence-electron chi connectivity index (χ1n) is 7.80. The zero-order valence-corrected chi connectivity index (χ0v) is 17.5. The Balaban J connectivity index is 1.81. The minimum Gasteiger partial charge on any atom is -0.457 e. The molecule has 0 atom stereocenters. The molecule has 0 saturated carbocycles. The molecule has 1 saturated heterocycles. The first kappa shape index (κ1) is 21.5. The van der Waals surface area contributed by atoms with Gasteiger partial charge in [0, 0.05) is 30.3 Å². The fourth-order valence-electron chi connectivity index (χ4n) is 2.42. The first-order valence-corrected chi connectivity index (χ1v) is 11.0. The average Bonchev–Trinajstić information content (AvgIpc) is 3.17. The van der Waals surface area contributed by atoms with Crippen molar-refractivity contribution >= 4 is 67.7 Å². The average molecular weight is 475 g/mol. The monoisotopic (exact) mass is 474 g/mol. The number of benzene rings is 1. The van der Waals surface area contributed by atoms with E-state index in [1.54, 1.807) is 12.1 Å². The zero-order valence-electron chi connectivity index (χ0n) is 14.3. The Morgan fingerprint density at radius 3 is 2.69 bits per heavy atom. The third-order valence-corrected chi connectivity index (χ3v) is 6.16. The van der Waals surface area contributed by atoms with E-state index in [1.165, 1.54) is 24.3 Å². The van der Waals surface area contributed by atoms with E-state index in [2.05, 4.69) is 0 Å². The van der Waals surface area contributed by atoms with Gasteiger partial charge in [-0.1, -0.05) is 35.6 Å². The summed E-state index contributed by atoms with van der Waals surface area (Å²) >= 11 is 12.1. The fraction of sp³-hybridized carbons (Fsp3) is 0.125. The number of amides is 1. The Labute approximate surface area is 179 Å². The van der Waals surface area contributed by atoms with Crippen LogP contribution in [0.1, 0.15) is 5.76 Å². The van der Waals surface area contributed by atoms with Crippen molar-refractivity contribution in [2.75, 3.05) is 12.3 Å². The van der Waals surface area contributed by atoms with Crippen molar-refractivity contribution < 1.29 is 27.1 Å². The van der Waals surface area contributed by atoms with Gasteiger partial charge in [0.25, 0.3) is 21.7 Å². The largest absolute Gasteiger partial charge is 0.457 e. The number of nitro groups is 1. The Kier molecular flexibility index (Phi) is 6.10. The molecule has 152 valence electrons. The number of furan rings is 1. The van der Waals surface area contributed by atoms with Crippen molar-refractivity contribution in [2.24, 2.45) is 0 Å². The number of carbonyl (C=O) groups is 1. The van der Waals surface area contributed by atoms with Gasteiger partial charge in [0.1, 0.15) is 15.8 Å². The van der Waals surface area contributed by atoms with Gasteiger partial charge in [-0.3, -0.25) is 24.4 Å². The summed E-state index contributed by atoms with van der Waals surface area (Å²) < 4.78 is 36.4. The van der Waals surface area contributed by atoms with Gasteiger partial charge in [-0.2, -0.15) is 8.42 Å². The van der Waals surface area contributed by atoms with E-state index in [0.717, 1.165) is 16.7 Å². The van der Waals surface area contributed by atoms with Crippen LogP contribution in [-0.2, 0) is 14.9 Å². The van der Waals surface area contributed by atoms with Crippen molar-refractivity contribution in [1.29, 1.82) is 0 Å². The molecule has 1 aliphatic rings. The third kappa shape index (κ3) is 5.03. The number of non-ortho nitro benzene ring substituents is 1. The lowest BCUT2D eigenvalue weighted by Crippen LogP contribution is -2.32. The molecule has 0 unspecified atom stereocenters. The molecule has 2 aromatic rings. The number of carbonyl (C=O) groups excluding carboxylic acids is 1. The number of thiocarbonyl (C=S) groups is 1. The van der Waals surface area contributed by atoms with Crippen LogP contribution >= 0.6 is 35.6 Å². The third-order valence-electron chi connectivity index (χ3n) is 3.78.